The summed E-state index contributed by atoms with van der Waals surface area (Å²) in [7, 11) is 0. The van der Waals surface area contributed by atoms with Gasteiger partial charge in [0, 0.05) is 11.5 Å². The number of hydrogen-bond acceptors (Lipinski definition) is 2. The largest absolute Gasteiger partial charge is 0.295 e. The Kier molecular flexibility index (Phi) is 4.85. The molecule has 3 heteroatoms. The summed E-state index contributed by atoms with van der Waals surface area (Å²) in [5.41, 5.74) is 1.34. The van der Waals surface area contributed by atoms with Crippen LogP contribution in [0.3, 0.4) is 0 Å². The Morgan fingerprint density at radius 1 is 1.70 bits per heavy atom. The second-order valence-electron chi connectivity index (χ2n) is 2.02. The Labute approximate surface area is 64.9 Å². The molecule has 56 valence electrons. The third kappa shape index (κ3) is 3.41. The quantitative estimate of drug-likeness (QED) is 0.462. The van der Waals surface area contributed by atoms with Gasteiger partial charge >= 0.3 is 0 Å². The van der Waals surface area contributed by atoms with Crippen LogP contribution in [0.5, 0.6) is 0 Å². The average Bonchev–Trinajstić information content (AvgIpc) is 1.98. The van der Waals surface area contributed by atoms with Gasteiger partial charge in [-0.2, -0.15) is 0 Å². The highest BCUT2D eigenvalue weighted by atomic mass is 35.5. The van der Waals surface area contributed by atoms with Gasteiger partial charge < -0.3 is 0 Å². The summed E-state index contributed by atoms with van der Waals surface area (Å²) in [5.74, 6) is -0.623. The summed E-state index contributed by atoms with van der Waals surface area (Å²) in [6, 6.07) is 0. The Morgan fingerprint density at radius 3 is 2.70 bits per heavy atom. The highest BCUT2D eigenvalue weighted by Gasteiger charge is 2.08. The Morgan fingerprint density at radius 2 is 2.30 bits per heavy atom. The van der Waals surface area contributed by atoms with Gasteiger partial charge in [0.1, 0.15) is 0 Å². The molecule has 0 N–H and O–H groups in total. The molecule has 0 saturated carbocycles. The number of halogens is 1. The van der Waals surface area contributed by atoms with Crippen LogP contribution in [0.15, 0.2) is 11.6 Å². The van der Waals surface area contributed by atoms with E-state index in [9.17, 15) is 9.59 Å². The van der Waals surface area contributed by atoms with Crippen LogP contribution in [0.2, 0.25) is 0 Å². The third-order valence-corrected chi connectivity index (χ3v) is 1.36. The number of rotatable bonds is 4. The van der Waals surface area contributed by atoms with Gasteiger partial charge in [-0.3, -0.25) is 9.59 Å². The van der Waals surface area contributed by atoms with Crippen molar-refractivity contribution < 1.29 is 9.59 Å². The first-order chi connectivity index (χ1) is 4.72. The molecule has 0 aliphatic heterocycles. The van der Waals surface area contributed by atoms with Crippen molar-refractivity contribution in [3.63, 3.8) is 0 Å². The molecule has 0 bridgehead atoms. The number of ketones is 1. The molecule has 1 unspecified atom stereocenters. The minimum Gasteiger partial charge on any atom is -0.295 e. The predicted molar refractivity (Wildman–Crippen MR) is 39.8 cm³/mol. The molecule has 0 amide bonds. The highest BCUT2D eigenvalue weighted by molar-refractivity contribution is 6.26. The lowest BCUT2D eigenvalue weighted by Gasteiger charge is -1.98. The van der Waals surface area contributed by atoms with Gasteiger partial charge in [0.25, 0.3) is 0 Å². The van der Waals surface area contributed by atoms with Gasteiger partial charge in [0.15, 0.2) is 12.1 Å². The molecule has 0 aromatic carbocycles. The summed E-state index contributed by atoms with van der Waals surface area (Å²) < 4.78 is 0. The molecule has 0 fully saturated rings. The summed E-state index contributed by atoms with van der Waals surface area (Å²) in [4.78, 5) is 20.5. The maximum absolute atomic E-state index is 10.6. The zero-order valence-electron chi connectivity index (χ0n) is 5.71. The molecule has 0 radical (unpaired) electrons. The van der Waals surface area contributed by atoms with Crippen molar-refractivity contribution in [1.29, 1.82) is 0 Å². The number of Topliss-reactive ketones (excluding diaryl/α,β-unsaturated/α-hetero) is 1. The molecular weight excluding hydrogens is 152 g/mol. The van der Waals surface area contributed by atoms with E-state index in [0.29, 0.717) is 12.7 Å². The molecular formula is C7H9ClO2. The van der Waals surface area contributed by atoms with Crippen LogP contribution in [-0.2, 0) is 9.59 Å². The minimum absolute atomic E-state index is 0.243. The van der Waals surface area contributed by atoms with E-state index in [-0.39, 0.29) is 11.7 Å². The zero-order valence-corrected chi connectivity index (χ0v) is 6.47. The van der Waals surface area contributed by atoms with Gasteiger partial charge in [-0.05, 0) is 6.42 Å². The number of carbonyl (C=O) groups is 2. The number of allylic oxidation sites excluding steroid dienone is 1. The van der Waals surface area contributed by atoms with Crippen molar-refractivity contribution in [2.45, 2.75) is 13.3 Å². The van der Waals surface area contributed by atoms with Crippen LogP contribution in [-0.4, -0.2) is 12.1 Å². The Bertz CT molecular complexity index is 152. The Balaban J connectivity index is 3.72. The highest BCUT2D eigenvalue weighted by Crippen LogP contribution is 2.02. The van der Waals surface area contributed by atoms with Gasteiger partial charge in [-0.25, -0.2) is 0 Å². The van der Waals surface area contributed by atoms with E-state index in [0.717, 1.165) is 0 Å². The van der Waals surface area contributed by atoms with Gasteiger partial charge in [0.05, 0.1) is 0 Å². The van der Waals surface area contributed by atoms with E-state index in [4.69, 9.17) is 11.6 Å². The summed E-state index contributed by atoms with van der Waals surface area (Å²) in [6.45, 7) is 1.69. The molecule has 0 heterocycles. The lowest BCUT2D eigenvalue weighted by atomic mass is 10.0. The number of carbonyl (C=O) groups excluding carboxylic acids is 2. The average molecular weight is 161 g/mol. The summed E-state index contributed by atoms with van der Waals surface area (Å²) in [5, 5.41) is 0. The third-order valence-electron chi connectivity index (χ3n) is 1.18. The fourth-order valence-corrected chi connectivity index (χ4v) is 0.591. The van der Waals surface area contributed by atoms with Crippen LogP contribution >= 0.6 is 11.6 Å². The molecule has 10 heavy (non-hydrogen) atoms. The normalized spacial score (nSPS) is 13.4. The smallest absolute Gasteiger partial charge is 0.198 e. The SMILES string of the molecule is CC(C/C=C/Cl)C(=O)C=O. The van der Waals surface area contributed by atoms with E-state index >= 15 is 0 Å². The second kappa shape index (κ2) is 5.18. The van der Waals surface area contributed by atoms with Gasteiger partial charge in [-0.15, -0.1) is 0 Å². The molecule has 1 atom stereocenters. The molecule has 0 saturated heterocycles. The minimum atomic E-state index is -0.380. The van der Waals surface area contributed by atoms with Crippen molar-refractivity contribution in [2.24, 2.45) is 5.92 Å². The lowest BCUT2D eigenvalue weighted by Crippen LogP contribution is -2.10. The van der Waals surface area contributed by atoms with Crippen molar-refractivity contribution in [2.75, 3.05) is 0 Å². The van der Waals surface area contributed by atoms with Gasteiger partial charge in [0.2, 0.25) is 0 Å². The molecule has 0 aliphatic carbocycles. The van der Waals surface area contributed by atoms with E-state index < -0.39 is 0 Å². The van der Waals surface area contributed by atoms with E-state index in [1.54, 1.807) is 13.0 Å². The maximum atomic E-state index is 10.6. The van der Waals surface area contributed by atoms with Crippen LogP contribution < -0.4 is 0 Å². The number of aldehydes is 1. The zero-order chi connectivity index (χ0) is 7.98. The molecule has 0 rings (SSSR count). The molecule has 0 aromatic heterocycles. The fraction of sp³-hybridized carbons (Fsp3) is 0.429. The lowest BCUT2D eigenvalue weighted by molar-refractivity contribution is -0.132. The van der Waals surface area contributed by atoms with Crippen LogP contribution in [0, 0.1) is 5.92 Å². The monoisotopic (exact) mass is 160 g/mol. The van der Waals surface area contributed by atoms with E-state index in [1.807, 2.05) is 0 Å². The number of hydrogen-bond donors (Lipinski definition) is 0. The fourth-order valence-electron chi connectivity index (χ4n) is 0.488. The first-order valence-electron chi connectivity index (χ1n) is 2.96. The van der Waals surface area contributed by atoms with Crippen molar-refractivity contribution in [3.05, 3.63) is 11.6 Å². The van der Waals surface area contributed by atoms with Crippen molar-refractivity contribution >= 4 is 23.7 Å². The summed E-state index contributed by atoms with van der Waals surface area (Å²) >= 11 is 5.21. The molecule has 0 spiro atoms. The van der Waals surface area contributed by atoms with Crippen molar-refractivity contribution in [3.8, 4) is 0 Å². The van der Waals surface area contributed by atoms with Crippen LogP contribution in [0.1, 0.15) is 13.3 Å². The summed E-state index contributed by atoms with van der Waals surface area (Å²) in [6.07, 6.45) is 2.52. The van der Waals surface area contributed by atoms with E-state index in [1.165, 1.54) is 5.54 Å². The first kappa shape index (κ1) is 9.37. The predicted octanol–water partition coefficient (Wildman–Crippen LogP) is 1.53. The topological polar surface area (TPSA) is 34.1 Å². The molecule has 0 aliphatic rings. The maximum Gasteiger partial charge on any atom is 0.198 e. The molecule has 0 aromatic rings. The van der Waals surface area contributed by atoms with E-state index in [2.05, 4.69) is 0 Å². The van der Waals surface area contributed by atoms with Crippen LogP contribution in [0.25, 0.3) is 0 Å². The molecule has 2 nitrogen and oxygen atoms in total. The van der Waals surface area contributed by atoms with Gasteiger partial charge in [-0.1, -0.05) is 24.6 Å². The van der Waals surface area contributed by atoms with Crippen LogP contribution in [0.4, 0.5) is 0 Å². The first-order valence-corrected chi connectivity index (χ1v) is 3.40. The van der Waals surface area contributed by atoms with Crippen molar-refractivity contribution in [1.82, 2.24) is 0 Å². The standard InChI is InChI=1S/C7H9ClO2/c1-6(3-2-4-8)7(10)5-9/h2,4-6H,3H2,1H3/b4-2+. The Hall–Kier alpha value is -0.630. The second-order valence-corrected chi connectivity index (χ2v) is 2.27.